The van der Waals surface area contributed by atoms with Gasteiger partial charge in [0.1, 0.15) is 25.4 Å². The van der Waals surface area contributed by atoms with Crippen molar-refractivity contribution in [2.24, 2.45) is 7.05 Å². The van der Waals surface area contributed by atoms with Gasteiger partial charge in [-0.15, -0.1) is 0 Å². The molecule has 1 amide bonds. The molecule has 0 bridgehead atoms. The largest absolute Gasteiger partial charge is 0.489 e. The van der Waals surface area contributed by atoms with Crippen LogP contribution in [-0.2, 0) is 11.8 Å². The highest BCUT2D eigenvalue weighted by molar-refractivity contribution is 6.35. The van der Waals surface area contributed by atoms with Gasteiger partial charge in [0.05, 0.1) is 11.6 Å². The normalized spacial score (nSPS) is 14.8. The molecule has 1 aromatic carbocycles. The number of aromatic nitrogens is 2. The highest BCUT2D eigenvalue weighted by atomic mass is 35.5. The predicted molar refractivity (Wildman–Crippen MR) is 108 cm³/mol. The molecule has 2 aromatic rings. The summed E-state index contributed by atoms with van der Waals surface area (Å²) in [4.78, 5) is 26.1. The van der Waals surface area contributed by atoms with E-state index in [9.17, 15) is 9.59 Å². The maximum absolute atomic E-state index is 12.4. The number of halogens is 1. The Hall–Kier alpha value is -2.48. The average molecular weight is 389 g/mol. The van der Waals surface area contributed by atoms with E-state index in [2.05, 4.69) is 10.4 Å². The van der Waals surface area contributed by atoms with Crippen molar-refractivity contribution in [1.82, 2.24) is 14.7 Å². The molecule has 1 aromatic heterocycles. The first-order chi connectivity index (χ1) is 12.9. The van der Waals surface area contributed by atoms with Gasteiger partial charge in [0.15, 0.2) is 0 Å². The first-order valence-electron chi connectivity index (χ1n) is 8.91. The minimum absolute atomic E-state index is 0.0359. The van der Waals surface area contributed by atoms with Crippen molar-refractivity contribution in [2.45, 2.75) is 18.9 Å². The Morgan fingerprint density at radius 1 is 1.37 bits per heavy atom. The quantitative estimate of drug-likeness (QED) is 0.739. The summed E-state index contributed by atoms with van der Waals surface area (Å²) in [7, 11) is 3.56. The summed E-state index contributed by atoms with van der Waals surface area (Å²) in [6.07, 6.45) is 3.04. The average Bonchev–Trinajstić information content (AvgIpc) is 2.66. The standard InChI is InChI=1S/C18H22BClN4O3/c1-23-18(26)15(4-7-22-23)21-11-17(25)24-8-5-13(6-9-24)27-16-10-12(19)2-3-14(16)20/h2-4,7,10,13,21H,5-6,8-9,11,19H2,1H3. The Bertz CT molecular complexity index is 881. The first-order valence-corrected chi connectivity index (χ1v) is 9.28. The molecule has 27 heavy (non-hydrogen) atoms. The number of aryl methyl sites for hydroxylation is 1. The number of carbonyl (C=O) groups is 1. The van der Waals surface area contributed by atoms with E-state index in [1.165, 1.54) is 10.9 Å². The third kappa shape index (κ3) is 4.83. The fourth-order valence-corrected chi connectivity index (χ4v) is 3.19. The number of amides is 1. The molecule has 1 fully saturated rings. The Balaban J connectivity index is 1.50. The number of anilines is 1. The van der Waals surface area contributed by atoms with E-state index in [0.29, 0.717) is 29.5 Å². The summed E-state index contributed by atoms with van der Waals surface area (Å²) in [5, 5.41) is 7.36. The van der Waals surface area contributed by atoms with Gasteiger partial charge in [-0.05, 0) is 18.2 Å². The highest BCUT2D eigenvalue weighted by Crippen LogP contribution is 2.26. The van der Waals surface area contributed by atoms with Gasteiger partial charge in [-0.1, -0.05) is 23.1 Å². The first kappa shape index (κ1) is 19.3. The molecular formula is C18H22BClN4O3. The molecule has 0 radical (unpaired) electrons. The van der Waals surface area contributed by atoms with Gasteiger partial charge < -0.3 is 15.0 Å². The topological polar surface area (TPSA) is 76.5 Å². The lowest BCUT2D eigenvalue weighted by molar-refractivity contribution is -0.131. The van der Waals surface area contributed by atoms with Crippen LogP contribution in [0.4, 0.5) is 5.69 Å². The monoisotopic (exact) mass is 388 g/mol. The lowest BCUT2D eigenvalue weighted by Crippen LogP contribution is -2.44. The van der Waals surface area contributed by atoms with Gasteiger partial charge in [-0.25, -0.2) is 4.68 Å². The summed E-state index contributed by atoms with van der Waals surface area (Å²) < 4.78 is 7.24. The van der Waals surface area contributed by atoms with Gasteiger partial charge in [0, 0.05) is 39.2 Å². The van der Waals surface area contributed by atoms with Crippen LogP contribution in [-0.4, -0.2) is 54.2 Å². The van der Waals surface area contributed by atoms with Crippen molar-refractivity contribution in [1.29, 1.82) is 0 Å². The molecule has 9 heteroatoms. The molecule has 0 atom stereocenters. The molecule has 142 valence electrons. The fraction of sp³-hybridized carbons (Fsp3) is 0.389. The van der Waals surface area contributed by atoms with Crippen LogP contribution in [0.5, 0.6) is 5.75 Å². The van der Waals surface area contributed by atoms with Crippen molar-refractivity contribution < 1.29 is 9.53 Å². The zero-order valence-corrected chi connectivity index (χ0v) is 16.2. The number of carbonyl (C=O) groups excluding carboxylic acids is 1. The molecule has 7 nitrogen and oxygen atoms in total. The van der Waals surface area contributed by atoms with Gasteiger partial charge in [-0.3, -0.25) is 9.59 Å². The second-order valence-electron chi connectivity index (χ2n) is 6.66. The van der Waals surface area contributed by atoms with E-state index in [1.807, 2.05) is 26.0 Å². The molecule has 3 rings (SSSR count). The van der Waals surface area contributed by atoms with Crippen LogP contribution in [0.3, 0.4) is 0 Å². The van der Waals surface area contributed by atoms with Crippen molar-refractivity contribution in [3.05, 3.63) is 45.8 Å². The molecule has 0 spiro atoms. The fourth-order valence-electron chi connectivity index (χ4n) is 3.03. The number of benzene rings is 1. The van der Waals surface area contributed by atoms with Gasteiger partial charge >= 0.3 is 0 Å². The lowest BCUT2D eigenvalue weighted by atomic mass is 9.96. The predicted octanol–water partition coefficient (Wildman–Crippen LogP) is 0.174. The number of nitrogens with zero attached hydrogens (tertiary/aromatic N) is 3. The SMILES string of the molecule is Bc1ccc(Cl)c(OC2CCN(C(=O)CNc3ccnn(C)c3=O)CC2)c1. The van der Waals surface area contributed by atoms with Crippen LogP contribution >= 0.6 is 11.6 Å². The van der Waals surface area contributed by atoms with Crippen molar-refractivity contribution in [2.75, 3.05) is 25.0 Å². The minimum atomic E-state index is -0.257. The maximum atomic E-state index is 12.4. The number of nitrogens with one attached hydrogen (secondary N) is 1. The zero-order chi connectivity index (χ0) is 19.4. The second-order valence-corrected chi connectivity index (χ2v) is 7.07. The van der Waals surface area contributed by atoms with Crippen LogP contribution in [0.25, 0.3) is 0 Å². The summed E-state index contributed by atoms with van der Waals surface area (Å²) >= 11 is 6.19. The Kier molecular flexibility index (Phi) is 6.06. The lowest BCUT2D eigenvalue weighted by Gasteiger charge is -2.32. The number of piperidine rings is 1. The molecule has 1 N–H and O–H groups in total. The van der Waals surface area contributed by atoms with Gasteiger partial charge in [-0.2, -0.15) is 5.10 Å². The van der Waals surface area contributed by atoms with E-state index >= 15 is 0 Å². The molecular weight excluding hydrogens is 366 g/mol. The molecule has 0 unspecified atom stereocenters. The third-order valence-electron chi connectivity index (χ3n) is 4.61. The van der Waals surface area contributed by atoms with Crippen LogP contribution in [0.1, 0.15) is 12.8 Å². The number of likely N-dealkylation sites (tertiary alicyclic amines) is 1. The maximum Gasteiger partial charge on any atom is 0.289 e. The Morgan fingerprint density at radius 2 is 2.11 bits per heavy atom. The minimum Gasteiger partial charge on any atom is -0.489 e. The molecule has 1 aliphatic rings. The Morgan fingerprint density at radius 3 is 2.85 bits per heavy atom. The summed E-state index contributed by atoms with van der Waals surface area (Å²) in [6.45, 7) is 1.31. The van der Waals surface area contributed by atoms with E-state index in [0.717, 1.165) is 18.3 Å². The molecule has 0 saturated carbocycles. The van der Waals surface area contributed by atoms with Gasteiger partial charge in [0.2, 0.25) is 5.91 Å². The Labute approximate surface area is 163 Å². The second kappa shape index (κ2) is 8.48. The molecule has 0 aliphatic carbocycles. The van der Waals surface area contributed by atoms with Crippen molar-refractivity contribution >= 4 is 36.5 Å². The number of hydrogen-bond acceptors (Lipinski definition) is 5. The number of ether oxygens (including phenoxy) is 1. The molecule has 1 saturated heterocycles. The van der Waals surface area contributed by atoms with Crippen molar-refractivity contribution in [3.63, 3.8) is 0 Å². The van der Waals surface area contributed by atoms with E-state index in [4.69, 9.17) is 16.3 Å². The number of hydrogen-bond donors (Lipinski definition) is 1. The van der Waals surface area contributed by atoms with E-state index in [-0.39, 0.29) is 24.1 Å². The van der Waals surface area contributed by atoms with Crippen molar-refractivity contribution in [3.8, 4) is 5.75 Å². The van der Waals surface area contributed by atoms with E-state index in [1.54, 1.807) is 18.0 Å². The van der Waals surface area contributed by atoms with Crippen LogP contribution < -0.4 is 21.1 Å². The van der Waals surface area contributed by atoms with Crippen LogP contribution in [0.2, 0.25) is 5.02 Å². The smallest absolute Gasteiger partial charge is 0.289 e. The van der Waals surface area contributed by atoms with Gasteiger partial charge in [0.25, 0.3) is 5.56 Å². The zero-order valence-electron chi connectivity index (χ0n) is 15.4. The summed E-state index contributed by atoms with van der Waals surface area (Å²) in [5.74, 6) is 0.651. The molecule has 1 aliphatic heterocycles. The summed E-state index contributed by atoms with van der Waals surface area (Å²) in [5.41, 5.74) is 1.20. The third-order valence-corrected chi connectivity index (χ3v) is 4.92. The highest BCUT2D eigenvalue weighted by Gasteiger charge is 2.24. The van der Waals surface area contributed by atoms with Crippen LogP contribution in [0, 0.1) is 0 Å². The summed E-state index contributed by atoms with van der Waals surface area (Å²) in [6, 6.07) is 7.28. The van der Waals surface area contributed by atoms with Crippen LogP contribution in [0.15, 0.2) is 35.3 Å². The number of rotatable bonds is 5. The van der Waals surface area contributed by atoms with E-state index < -0.39 is 0 Å². The molecule has 2 heterocycles.